The first-order valence-corrected chi connectivity index (χ1v) is 6.96. The zero-order valence-electron chi connectivity index (χ0n) is 10.7. The maximum atomic E-state index is 12.3. The Morgan fingerprint density at radius 2 is 2.11 bits per heavy atom. The summed E-state index contributed by atoms with van der Waals surface area (Å²) in [6.45, 7) is 1.40. The van der Waals surface area contributed by atoms with Gasteiger partial charge in [0, 0.05) is 13.1 Å². The lowest BCUT2D eigenvalue weighted by atomic mass is 10.1. The molecule has 4 nitrogen and oxygen atoms in total. The van der Waals surface area contributed by atoms with Crippen molar-refractivity contribution in [3.05, 3.63) is 35.9 Å². The number of benzene rings is 1. The molecule has 0 radical (unpaired) electrons. The molecule has 1 aromatic carbocycles. The molecule has 1 aromatic rings. The lowest BCUT2D eigenvalue weighted by Gasteiger charge is -2.22. The third-order valence-corrected chi connectivity index (χ3v) is 3.53. The zero-order chi connectivity index (χ0) is 13.7. The van der Waals surface area contributed by atoms with E-state index in [1.54, 1.807) is 4.90 Å². The van der Waals surface area contributed by atoms with Crippen molar-refractivity contribution in [3.8, 4) is 0 Å². The average Bonchev–Trinajstić information content (AvgIpc) is 2.63. The Labute approximate surface area is 118 Å². The Kier molecular flexibility index (Phi) is 4.85. The van der Waals surface area contributed by atoms with Gasteiger partial charge in [0.05, 0.1) is 11.8 Å². The SMILES string of the molecule is O=C1CN(C(=O)C(S)Cc2ccccc2)CCCN1. The molecule has 0 aromatic heterocycles. The summed E-state index contributed by atoms with van der Waals surface area (Å²) in [5, 5.41) is 2.37. The van der Waals surface area contributed by atoms with Crippen LogP contribution in [0.5, 0.6) is 0 Å². The molecule has 19 heavy (non-hydrogen) atoms. The van der Waals surface area contributed by atoms with E-state index in [1.807, 2.05) is 30.3 Å². The number of hydrogen-bond acceptors (Lipinski definition) is 3. The Balaban J connectivity index is 1.96. The van der Waals surface area contributed by atoms with Gasteiger partial charge in [-0.2, -0.15) is 12.6 Å². The van der Waals surface area contributed by atoms with E-state index in [-0.39, 0.29) is 18.4 Å². The summed E-state index contributed by atoms with van der Waals surface area (Å²) in [5.74, 6) is -0.157. The van der Waals surface area contributed by atoms with Gasteiger partial charge in [-0.05, 0) is 18.4 Å². The molecule has 1 aliphatic heterocycles. The molecule has 1 fully saturated rings. The van der Waals surface area contributed by atoms with Gasteiger partial charge in [0.15, 0.2) is 0 Å². The van der Waals surface area contributed by atoms with E-state index in [0.29, 0.717) is 19.5 Å². The number of thiol groups is 1. The minimum absolute atomic E-state index is 0.0655. The molecule has 102 valence electrons. The first kappa shape index (κ1) is 13.9. The van der Waals surface area contributed by atoms with Crippen molar-refractivity contribution in [3.63, 3.8) is 0 Å². The summed E-state index contributed by atoms with van der Waals surface area (Å²) >= 11 is 4.39. The van der Waals surface area contributed by atoms with Crippen molar-refractivity contribution in [2.45, 2.75) is 18.1 Å². The molecule has 1 heterocycles. The fourth-order valence-corrected chi connectivity index (χ4v) is 2.50. The third-order valence-electron chi connectivity index (χ3n) is 3.13. The highest BCUT2D eigenvalue weighted by Gasteiger charge is 2.24. The molecule has 0 aliphatic carbocycles. The van der Waals surface area contributed by atoms with Gasteiger partial charge in [0.2, 0.25) is 11.8 Å². The number of nitrogens with zero attached hydrogens (tertiary/aromatic N) is 1. The van der Waals surface area contributed by atoms with Crippen LogP contribution in [0, 0.1) is 0 Å². The van der Waals surface area contributed by atoms with Crippen molar-refractivity contribution in [2.75, 3.05) is 19.6 Å². The average molecular weight is 278 g/mol. The molecular weight excluding hydrogens is 260 g/mol. The number of amides is 2. The summed E-state index contributed by atoms with van der Waals surface area (Å²) in [4.78, 5) is 25.3. The van der Waals surface area contributed by atoms with Crippen LogP contribution in [0.15, 0.2) is 30.3 Å². The fourth-order valence-electron chi connectivity index (χ4n) is 2.13. The van der Waals surface area contributed by atoms with Crippen LogP contribution in [-0.2, 0) is 16.0 Å². The summed E-state index contributed by atoms with van der Waals surface area (Å²) in [6.07, 6.45) is 1.38. The highest BCUT2D eigenvalue weighted by Crippen LogP contribution is 2.11. The second-order valence-electron chi connectivity index (χ2n) is 4.67. The third kappa shape index (κ3) is 3.99. The van der Waals surface area contributed by atoms with Gasteiger partial charge in [-0.25, -0.2) is 0 Å². The maximum absolute atomic E-state index is 12.3. The molecule has 1 aliphatic rings. The molecule has 1 saturated heterocycles. The van der Waals surface area contributed by atoms with Gasteiger partial charge in [-0.3, -0.25) is 9.59 Å². The lowest BCUT2D eigenvalue weighted by molar-refractivity contribution is -0.134. The van der Waals surface area contributed by atoms with Crippen molar-refractivity contribution in [1.82, 2.24) is 10.2 Å². The van der Waals surface area contributed by atoms with E-state index < -0.39 is 5.25 Å². The standard InChI is InChI=1S/C14H18N2O2S/c17-13-10-16(8-4-7-15-13)14(18)12(19)9-11-5-2-1-3-6-11/h1-3,5-6,12,19H,4,7-10H2,(H,15,17). The largest absolute Gasteiger partial charge is 0.354 e. The highest BCUT2D eigenvalue weighted by atomic mass is 32.1. The molecule has 1 atom stereocenters. The summed E-state index contributed by atoms with van der Waals surface area (Å²) in [7, 11) is 0. The Morgan fingerprint density at radius 1 is 1.37 bits per heavy atom. The Bertz CT molecular complexity index is 450. The predicted molar refractivity (Wildman–Crippen MR) is 77.1 cm³/mol. The number of carbonyl (C=O) groups excluding carboxylic acids is 2. The number of rotatable bonds is 3. The monoisotopic (exact) mass is 278 g/mol. The smallest absolute Gasteiger partial charge is 0.239 e. The molecule has 1 unspecified atom stereocenters. The minimum atomic E-state index is -0.395. The van der Waals surface area contributed by atoms with Gasteiger partial charge >= 0.3 is 0 Å². The van der Waals surface area contributed by atoms with E-state index in [0.717, 1.165) is 12.0 Å². The Morgan fingerprint density at radius 3 is 2.84 bits per heavy atom. The predicted octanol–water partition coefficient (Wildman–Crippen LogP) is 0.876. The van der Waals surface area contributed by atoms with E-state index in [1.165, 1.54) is 0 Å². The van der Waals surface area contributed by atoms with Gasteiger partial charge < -0.3 is 10.2 Å². The first-order chi connectivity index (χ1) is 9.16. The van der Waals surface area contributed by atoms with E-state index >= 15 is 0 Å². The quantitative estimate of drug-likeness (QED) is 0.806. The van der Waals surface area contributed by atoms with Crippen LogP contribution >= 0.6 is 12.6 Å². The highest BCUT2D eigenvalue weighted by molar-refractivity contribution is 7.81. The normalized spacial score (nSPS) is 17.5. The van der Waals surface area contributed by atoms with E-state index in [2.05, 4.69) is 17.9 Å². The molecule has 5 heteroatoms. The number of nitrogens with one attached hydrogen (secondary N) is 1. The second kappa shape index (κ2) is 6.61. The van der Waals surface area contributed by atoms with Gasteiger partial charge in [0.25, 0.3) is 0 Å². The molecule has 1 N–H and O–H groups in total. The van der Waals surface area contributed by atoms with Crippen LogP contribution in [0.1, 0.15) is 12.0 Å². The van der Waals surface area contributed by atoms with E-state index in [4.69, 9.17) is 0 Å². The Hall–Kier alpha value is -1.49. The zero-order valence-corrected chi connectivity index (χ0v) is 11.6. The van der Waals surface area contributed by atoms with Crippen LogP contribution in [0.4, 0.5) is 0 Å². The number of hydrogen-bond donors (Lipinski definition) is 2. The molecule has 2 amide bonds. The molecule has 0 saturated carbocycles. The molecule has 0 spiro atoms. The van der Waals surface area contributed by atoms with Crippen LogP contribution in [0.2, 0.25) is 0 Å². The molecule has 0 bridgehead atoms. The fraction of sp³-hybridized carbons (Fsp3) is 0.429. The number of carbonyl (C=O) groups is 2. The van der Waals surface area contributed by atoms with Gasteiger partial charge in [0.1, 0.15) is 0 Å². The van der Waals surface area contributed by atoms with Crippen molar-refractivity contribution >= 4 is 24.4 Å². The van der Waals surface area contributed by atoms with Crippen LogP contribution in [0.3, 0.4) is 0 Å². The van der Waals surface area contributed by atoms with Gasteiger partial charge in [-0.15, -0.1) is 0 Å². The van der Waals surface area contributed by atoms with E-state index in [9.17, 15) is 9.59 Å². The second-order valence-corrected chi connectivity index (χ2v) is 5.29. The van der Waals surface area contributed by atoms with Crippen molar-refractivity contribution < 1.29 is 9.59 Å². The molecular formula is C14H18N2O2S. The summed E-state index contributed by atoms with van der Waals surface area (Å²) in [6, 6.07) is 9.79. The lowest BCUT2D eigenvalue weighted by Crippen LogP contribution is -2.41. The summed E-state index contributed by atoms with van der Waals surface area (Å²) in [5.41, 5.74) is 1.08. The minimum Gasteiger partial charge on any atom is -0.354 e. The summed E-state index contributed by atoms with van der Waals surface area (Å²) < 4.78 is 0. The molecule has 2 rings (SSSR count). The van der Waals surface area contributed by atoms with Crippen LogP contribution < -0.4 is 5.32 Å². The first-order valence-electron chi connectivity index (χ1n) is 6.44. The van der Waals surface area contributed by atoms with Gasteiger partial charge in [-0.1, -0.05) is 30.3 Å². The van der Waals surface area contributed by atoms with Crippen LogP contribution in [0.25, 0.3) is 0 Å². The van der Waals surface area contributed by atoms with Crippen molar-refractivity contribution in [1.29, 1.82) is 0 Å². The maximum Gasteiger partial charge on any atom is 0.239 e. The van der Waals surface area contributed by atoms with Crippen LogP contribution in [-0.4, -0.2) is 41.6 Å². The van der Waals surface area contributed by atoms with Crippen molar-refractivity contribution in [2.24, 2.45) is 0 Å². The topological polar surface area (TPSA) is 49.4 Å².